The second-order valence-electron chi connectivity index (χ2n) is 5.19. The first-order valence-corrected chi connectivity index (χ1v) is 7.53. The molecule has 1 aliphatic carbocycles. The molecule has 0 radical (unpaired) electrons. The van der Waals surface area contributed by atoms with Crippen LogP contribution in [0.25, 0.3) is 0 Å². The van der Waals surface area contributed by atoms with Crippen molar-refractivity contribution in [2.45, 2.75) is 32.7 Å². The Hall–Kier alpha value is -0.540. The molecule has 3 heteroatoms. The van der Waals surface area contributed by atoms with E-state index < -0.39 is 0 Å². The summed E-state index contributed by atoms with van der Waals surface area (Å²) in [5.74, 6) is 2.56. The van der Waals surface area contributed by atoms with Gasteiger partial charge >= 0.3 is 0 Å². The molecule has 0 spiro atoms. The number of ether oxygens (including phenoxy) is 1. The zero-order valence-electron chi connectivity index (χ0n) is 11.4. The van der Waals surface area contributed by atoms with Gasteiger partial charge in [0.15, 0.2) is 0 Å². The van der Waals surface area contributed by atoms with Gasteiger partial charge in [0.2, 0.25) is 0 Å². The van der Waals surface area contributed by atoms with E-state index in [1.165, 1.54) is 12.0 Å². The Balaban J connectivity index is 2.25. The molecule has 2 rings (SSSR count). The van der Waals surface area contributed by atoms with Crippen LogP contribution in [0.4, 0.5) is 0 Å². The number of benzene rings is 1. The summed E-state index contributed by atoms with van der Waals surface area (Å²) >= 11 is 3.56. The van der Waals surface area contributed by atoms with Gasteiger partial charge in [-0.3, -0.25) is 0 Å². The van der Waals surface area contributed by atoms with Gasteiger partial charge in [0.05, 0.1) is 7.11 Å². The average Bonchev–Trinajstić information content (AvgIpc) is 3.07. The van der Waals surface area contributed by atoms with Crippen LogP contribution in [0, 0.1) is 11.8 Å². The maximum Gasteiger partial charge on any atom is 0.123 e. The number of rotatable bonds is 6. The van der Waals surface area contributed by atoms with Crippen molar-refractivity contribution >= 4 is 15.9 Å². The Morgan fingerprint density at radius 3 is 2.78 bits per heavy atom. The summed E-state index contributed by atoms with van der Waals surface area (Å²) in [6.07, 6.45) is 2.48. The first-order chi connectivity index (χ1) is 8.67. The van der Waals surface area contributed by atoms with Gasteiger partial charge in [-0.15, -0.1) is 0 Å². The van der Waals surface area contributed by atoms with Crippen molar-refractivity contribution in [3.8, 4) is 5.75 Å². The van der Waals surface area contributed by atoms with Crippen LogP contribution in [-0.4, -0.2) is 13.7 Å². The van der Waals surface area contributed by atoms with Crippen molar-refractivity contribution in [1.29, 1.82) is 0 Å². The minimum atomic E-state index is 0.424. The molecule has 1 aromatic rings. The number of nitrogens with one attached hydrogen (secondary N) is 1. The van der Waals surface area contributed by atoms with Gasteiger partial charge in [-0.25, -0.2) is 0 Å². The lowest BCUT2D eigenvalue weighted by Crippen LogP contribution is -2.25. The molecular weight excluding hydrogens is 290 g/mol. The lowest BCUT2D eigenvalue weighted by molar-refractivity contribution is 0.387. The maximum absolute atomic E-state index is 5.51. The quantitative estimate of drug-likeness (QED) is 0.852. The fourth-order valence-electron chi connectivity index (χ4n) is 2.56. The zero-order chi connectivity index (χ0) is 13.1. The van der Waals surface area contributed by atoms with Crippen molar-refractivity contribution in [3.05, 3.63) is 28.2 Å². The monoisotopic (exact) mass is 311 g/mol. The van der Waals surface area contributed by atoms with E-state index in [0.717, 1.165) is 35.0 Å². The van der Waals surface area contributed by atoms with Gasteiger partial charge in [-0.2, -0.15) is 0 Å². The van der Waals surface area contributed by atoms with Crippen LogP contribution in [0.3, 0.4) is 0 Å². The molecule has 100 valence electrons. The van der Waals surface area contributed by atoms with Gasteiger partial charge in [0.1, 0.15) is 5.75 Å². The summed E-state index contributed by atoms with van der Waals surface area (Å²) in [7, 11) is 1.75. The van der Waals surface area contributed by atoms with Crippen LogP contribution in [0.5, 0.6) is 5.75 Å². The third kappa shape index (κ3) is 3.07. The SMILES string of the molecule is CCCNC(c1cc(Br)ccc1OC)C1CC1C. The fourth-order valence-corrected chi connectivity index (χ4v) is 2.93. The highest BCUT2D eigenvalue weighted by Crippen LogP contribution is 2.49. The zero-order valence-corrected chi connectivity index (χ0v) is 13.0. The van der Waals surface area contributed by atoms with E-state index in [0.29, 0.717) is 6.04 Å². The van der Waals surface area contributed by atoms with Gasteiger partial charge in [0.25, 0.3) is 0 Å². The molecule has 0 saturated heterocycles. The first kappa shape index (κ1) is 13.9. The first-order valence-electron chi connectivity index (χ1n) is 6.74. The molecule has 0 aromatic heterocycles. The average molecular weight is 312 g/mol. The topological polar surface area (TPSA) is 21.3 Å². The van der Waals surface area contributed by atoms with E-state index in [1.807, 2.05) is 12.1 Å². The van der Waals surface area contributed by atoms with Gasteiger partial charge < -0.3 is 10.1 Å². The fraction of sp³-hybridized carbons (Fsp3) is 0.600. The predicted molar refractivity (Wildman–Crippen MR) is 79.0 cm³/mol. The van der Waals surface area contributed by atoms with Gasteiger partial charge in [0, 0.05) is 16.1 Å². The van der Waals surface area contributed by atoms with Crippen LogP contribution in [0.15, 0.2) is 22.7 Å². The van der Waals surface area contributed by atoms with E-state index in [1.54, 1.807) is 7.11 Å². The minimum absolute atomic E-state index is 0.424. The summed E-state index contributed by atoms with van der Waals surface area (Å²) in [5, 5.41) is 3.68. The Morgan fingerprint density at radius 1 is 1.50 bits per heavy atom. The molecule has 0 bridgehead atoms. The highest BCUT2D eigenvalue weighted by atomic mass is 79.9. The summed E-state index contributed by atoms with van der Waals surface area (Å²) in [4.78, 5) is 0. The summed E-state index contributed by atoms with van der Waals surface area (Å²) in [6.45, 7) is 5.60. The van der Waals surface area contributed by atoms with E-state index in [9.17, 15) is 0 Å². The van der Waals surface area contributed by atoms with E-state index >= 15 is 0 Å². The van der Waals surface area contributed by atoms with Gasteiger partial charge in [-0.1, -0.05) is 29.8 Å². The number of hydrogen-bond donors (Lipinski definition) is 1. The molecular formula is C15H22BrNO. The molecule has 2 nitrogen and oxygen atoms in total. The molecule has 3 unspecified atom stereocenters. The van der Waals surface area contributed by atoms with Crippen molar-refractivity contribution in [2.24, 2.45) is 11.8 Å². The van der Waals surface area contributed by atoms with Gasteiger partial charge in [-0.05, 0) is 49.4 Å². The standard InChI is InChI=1S/C15H22BrNO/c1-4-7-17-15(12-8-10(12)2)13-9-11(16)5-6-14(13)18-3/h5-6,9-10,12,15,17H,4,7-8H2,1-3H3. The minimum Gasteiger partial charge on any atom is -0.496 e. The molecule has 1 fully saturated rings. The lowest BCUT2D eigenvalue weighted by atomic mass is 10.00. The Morgan fingerprint density at radius 2 is 2.22 bits per heavy atom. The summed E-state index contributed by atoms with van der Waals surface area (Å²) in [6, 6.07) is 6.70. The van der Waals surface area contributed by atoms with Crippen LogP contribution >= 0.6 is 15.9 Å². The molecule has 0 heterocycles. The molecule has 1 aliphatic rings. The number of hydrogen-bond acceptors (Lipinski definition) is 2. The third-order valence-electron chi connectivity index (χ3n) is 3.74. The van der Waals surface area contributed by atoms with Crippen LogP contribution < -0.4 is 10.1 Å². The van der Waals surface area contributed by atoms with E-state index in [2.05, 4.69) is 41.2 Å². The Bertz CT molecular complexity index is 407. The van der Waals surface area contributed by atoms with Crippen LogP contribution in [-0.2, 0) is 0 Å². The molecule has 0 aliphatic heterocycles. The lowest BCUT2D eigenvalue weighted by Gasteiger charge is -2.21. The van der Waals surface area contributed by atoms with E-state index in [-0.39, 0.29) is 0 Å². The summed E-state index contributed by atoms with van der Waals surface area (Å²) < 4.78 is 6.63. The molecule has 1 N–H and O–H groups in total. The molecule has 18 heavy (non-hydrogen) atoms. The number of halogens is 1. The highest BCUT2D eigenvalue weighted by Gasteiger charge is 2.40. The maximum atomic E-state index is 5.51. The van der Waals surface area contributed by atoms with Crippen molar-refractivity contribution in [2.75, 3.05) is 13.7 Å². The molecule has 1 saturated carbocycles. The summed E-state index contributed by atoms with van der Waals surface area (Å²) in [5.41, 5.74) is 1.29. The van der Waals surface area contributed by atoms with E-state index in [4.69, 9.17) is 4.74 Å². The second kappa shape index (κ2) is 6.07. The van der Waals surface area contributed by atoms with Crippen molar-refractivity contribution in [1.82, 2.24) is 5.32 Å². The predicted octanol–water partition coefficient (Wildman–Crippen LogP) is 4.15. The Kier molecular flexibility index (Phi) is 4.68. The Labute approximate surface area is 118 Å². The highest BCUT2D eigenvalue weighted by molar-refractivity contribution is 9.10. The smallest absolute Gasteiger partial charge is 0.123 e. The normalized spacial score (nSPS) is 23.8. The molecule has 0 amide bonds. The molecule has 3 atom stereocenters. The van der Waals surface area contributed by atoms with Crippen LogP contribution in [0.2, 0.25) is 0 Å². The second-order valence-corrected chi connectivity index (χ2v) is 6.11. The van der Waals surface area contributed by atoms with Crippen LogP contribution in [0.1, 0.15) is 38.3 Å². The largest absolute Gasteiger partial charge is 0.496 e. The third-order valence-corrected chi connectivity index (χ3v) is 4.23. The van der Waals surface area contributed by atoms with Crippen molar-refractivity contribution < 1.29 is 4.74 Å². The number of methoxy groups -OCH3 is 1. The van der Waals surface area contributed by atoms with Crippen molar-refractivity contribution in [3.63, 3.8) is 0 Å². The molecule has 1 aromatic carbocycles.